The Bertz CT molecular complexity index is 289. The van der Waals surface area contributed by atoms with Crippen LogP contribution in [0.2, 0.25) is 5.02 Å². The second-order valence-electron chi connectivity index (χ2n) is 3.65. The molecule has 0 fully saturated rings. The lowest BCUT2D eigenvalue weighted by atomic mass is 10.1. The van der Waals surface area contributed by atoms with Gasteiger partial charge in [0.05, 0.1) is 11.6 Å². The van der Waals surface area contributed by atoms with E-state index in [1.54, 1.807) is 0 Å². The number of para-hydroxylation sites is 1. The number of hydrogen-bond donors (Lipinski definition) is 0. The predicted molar refractivity (Wildman–Crippen MR) is 66.1 cm³/mol. The van der Waals surface area contributed by atoms with Crippen molar-refractivity contribution in [3.63, 3.8) is 0 Å². The second kappa shape index (κ2) is 6.97. The van der Waals surface area contributed by atoms with Crippen LogP contribution in [0.15, 0.2) is 24.3 Å². The van der Waals surface area contributed by atoms with E-state index < -0.39 is 0 Å². The molecule has 0 amide bonds. The molecule has 1 aromatic rings. The molecule has 0 saturated heterocycles. The third kappa shape index (κ3) is 4.76. The molecule has 15 heavy (non-hydrogen) atoms. The fourth-order valence-corrected chi connectivity index (χ4v) is 1.83. The van der Waals surface area contributed by atoms with E-state index in [1.165, 1.54) is 0 Å². The van der Waals surface area contributed by atoms with Gasteiger partial charge in [0, 0.05) is 5.88 Å². The van der Waals surface area contributed by atoms with Crippen LogP contribution < -0.4 is 4.74 Å². The Balaban J connectivity index is 2.29. The van der Waals surface area contributed by atoms with Crippen LogP contribution in [-0.4, -0.2) is 12.5 Å². The van der Waals surface area contributed by atoms with Gasteiger partial charge in [-0.2, -0.15) is 0 Å². The fraction of sp³-hybridized carbons (Fsp3) is 0.500. The van der Waals surface area contributed by atoms with Crippen molar-refractivity contribution in [1.29, 1.82) is 0 Å². The van der Waals surface area contributed by atoms with Gasteiger partial charge in [-0.25, -0.2) is 0 Å². The molecule has 1 unspecified atom stereocenters. The largest absolute Gasteiger partial charge is 0.492 e. The third-order valence-corrected chi connectivity index (χ3v) is 2.84. The lowest BCUT2D eigenvalue weighted by Crippen LogP contribution is -2.04. The van der Waals surface area contributed by atoms with E-state index in [2.05, 4.69) is 6.92 Å². The van der Waals surface area contributed by atoms with Crippen molar-refractivity contribution in [2.24, 2.45) is 5.92 Å². The first-order valence-corrected chi connectivity index (χ1v) is 6.08. The summed E-state index contributed by atoms with van der Waals surface area (Å²) in [5, 5.41) is 0.669. The SMILES string of the molecule is CC(CCCl)CCOc1ccccc1Cl. The van der Waals surface area contributed by atoms with Gasteiger partial charge in [-0.15, -0.1) is 11.6 Å². The Morgan fingerprint density at radius 2 is 2.00 bits per heavy atom. The highest BCUT2D eigenvalue weighted by Crippen LogP contribution is 2.23. The number of rotatable bonds is 6. The molecule has 0 heterocycles. The van der Waals surface area contributed by atoms with Crippen LogP contribution in [0, 0.1) is 5.92 Å². The van der Waals surface area contributed by atoms with Gasteiger partial charge in [0.2, 0.25) is 0 Å². The van der Waals surface area contributed by atoms with E-state index in [0.717, 1.165) is 18.6 Å². The molecule has 0 N–H and O–H groups in total. The van der Waals surface area contributed by atoms with Crippen LogP contribution in [-0.2, 0) is 0 Å². The topological polar surface area (TPSA) is 9.23 Å². The molecule has 0 aliphatic heterocycles. The molecule has 0 aromatic heterocycles. The normalized spacial score (nSPS) is 12.5. The number of hydrogen-bond acceptors (Lipinski definition) is 1. The number of alkyl halides is 1. The van der Waals surface area contributed by atoms with Crippen LogP contribution in [0.3, 0.4) is 0 Å². The molecule has 1 nitrogen and oxygen atoms in total. The highest BCUT2D eigenvalue weighted by molar-refractivity contribution is 6.32. The average molecular weight is 247 g/mol. The summed E-state index contributed by atoms with van der Waals surface area (Å²) in [5.74, 6) is 2.08. The maximum Gasteiger partial charge on any atom is 0.137 e. The van der Waals surface area contributed by atoms with E-state index in [0.29, 0.717) is 23.4 Å². The van der Waals surface area contributed by atoms with Crippen molar-refractivity contribution in [2.45, 2.75) is 19.8 Å². The van der Waals surface area contributed by atoms with E-state index in [-0.39, 0.29) is 0 Å². The zero-order chi connectivity index (χ0) is 11.1. The summed E-state index contributed by atoms with van der Waals surface area (Å²) >= 11 is 11.6. The Kier molecular flexibility index (Phi) is 5.89. The first-order chi connectivity index (χ1) is 7.24. The zero-order valence-corrected chi connectivity index (χ0v) is 10.4. The van der Waals surface area contributed by atoms with Crippen molar-refractivity contribution < 1.29 is 4.74 Å². The summed E-state index contributed by atoms with van der Waals surface area (Å²) in [7, 11) is 0. The molecule has 0 saturated carbocycles. The number of ether oxygens (including phenoxy) is 1. The van der Waals surface area contributed by atoms with Gasteiger partial charge < -0.3 is 4.74 Å². The predicted octanol–water partition coefficient (Wildman–Crippen LogP) is 4.37. The summed E-state index contributed by atoms with van der Waals surface area (Å²) in [6, 6.07) is 7.53. The summed E-state index contributed by atoms with van der Waals surface area (Å²) in [6.45, 7) is 2.88. The van der Waals surface area contributed by atoms with Crippen molar-refractivity contribution >= 4 is 23.2 Å². The second-order valence-corrected chi connectivity index (χ2v) is 4.44. The molecular formula is C12H16Cl2O. The Morgan fingerprint density at radius 1 is 1.27 bits per heavy atom. The van der Waals surface area contributed by atoms with Crippen molar-refractivity contribution in [2.75, 3.05) is 12.5 Å². The third-order valence-electron chi connectivity index (χ3n) is 2.31. The maximum absolute atomic E-state index is 5.95. The molecule has 0 spiro atoms. The van der Waals surface area contributed by atoms with Crippen LogP contribution >= 0.6 is 23.2 Å². The van der Waals surface area contributed by atoms with E-state index in [9.17, 15) is 0 Å². The first kappa shape index (κ1) is 12.7. The van der Waals surface area contributed by atoms with Gasteiger partial charge >= 0.3 is 0 Å². The van der Waals surface area contributed by atoms with Crippen LogP contribution in [0.4, 0.5) is 0 Å². The van der Waals surface area contributed by atoms with E-state index in [1.807, 2.05) is 24.3 Å². The summed E-state index contributed by atoms with van der Waals surface area (Å²) in [4.78, 5) is 0. The van der Waals surface area contributed by atoms with Crippen molar-refractivity contribution in [3.05, 3.63) is 29.3 Å². The molecule has 1 aromatic carbocycles. The van der Waals surface area contributed by atoms with Gasteiger partial charge in [-0.05, 0) is 30.9 Å². The van der Waals surface area contributed by atoms with Crippen LogP contribution in [0.1, 0.15) is 19.8 Å². The Labute approximate surface area is 101 Å². The van der Waals surface area contributed by atoms with Crippen molar-refractivity contribution in [1.82, 2.24) is 0 Å². The molecule has 84 valence electrons. The molecule has 0 aliphatic carbocycles. The van der Waals surface area contributed by atoms with Crippen LogP contribution in [0.5, 0.6) is 5.75 Å². The highest BCUT2D eigenvalue weighted by atomic mass is 35.5. The van der Waals surface area contributed by atoms with E-state index in [4.69, 9.17) is 27.9 Å². The smallest absolute Gasteiger partial charge is 0.137 e. The van der Waals surface area contributed by atoms with Crippen molar-refractivity contribution in [3.8, 4) is 5.75 Å². The molecule has 1 atom stereocenters. The average Bonchev–Trinajstić information content (AvgIpc) is 2.21. The summed E-state index contributed by atoms with van der Waals surface area (Å²) < 4.78 is 5.58. The quantitative estimate of drug-likeness (QED) is 0.678. The Hall–Kier alpha value is -0.400. The van der Waals surface area contributed by atoms with Gasteiger partial charge in [-0.3, -0.25) is 0 Å². The fourth-order valence-electron chi connectivity index (χ4n) is 1.26. The molecule has 1 rings (SSSR count). The van der Waals surface area contributed by atoms with Gasteiger partial charge in [0.1, 0.15) is 5.75 Å². The standard InChI is InChI=1S/C12H16Cl2O/c1-10(6-8-13)7-9-15-12-5-3-2-4-11(12)14/h2-5,10H,6-9H2,1H3. The highest BCUT2D eigenvalue weighted by Gasteiger charge is 2.03. The molecule has 3 heteroatoms. The Morgan fingerprint density at radius 3 is 2.67 bits per heavy atom. The monoisotopic (exact) mass is 246 g/mol. The molecule has 0 aliphatic rings. The lowest BCUT2D eigenvalue weighted by molar-refractivity contribution is 0.282. The first-order valence-electron chi connectivity index (χ1n) is 5.17. The van der Waals surface area contributed by atoms with Gasteiger partial charge in [-0.1, -0.05) is 30.7 Å². The minimum absolute atomic E-state index is 0.602. The van der Waals surface area contributed by atoms with E-state index >= 15 is 0 Å². The minimum atomic E-state index is 0.602. The summed E-state index contributed by atoms with van der Waals surface area (Å²) in [5.41, 5.74) is 0. The number of benzene rings is 1. The maximum atomic E-state index is 5.95. The van der Waals surface area contributed by atoms with Gasteiger partial charge in [0.25, 0.3) is 0 Å². The molecular weight excluding hydrogens is 231 g/mol. The lowest BCUT2D eigenvalue weighted by Gasteiger charge is -2.11. The zero-order valence-electron chi connectivity index (χ0n) is 8.88. The number of halogens is 2. The molecule has 0 radical (unpaired) electrons. The molecule has 0 bridgehead atoms. The van der Waals surface area contributed by atoms with Gasteiger partial charge in [0.15, 0.2) is 0 Å². The minimum Gasteiger partial charge on any atom is -0.492 e. The summed E-state index contributed by atoms with van der Waals surface area (Å²) in [6.07, 6.45) is 2.05. The van der Waals surface area contributed by atoms with Crippen LogP contribution in [0.25, 0.3) is 0 Å².